The van der Waals surface area contributed by atoms with Gasteiger partial charge < -0.3 is 25.8 Å². The molecule has 1 aromatic heterocycles. The van der Waals surface area contributed by atoms with Gasteiger partial charge in [0.1, 0.15) is 17.4 Å². The highest BCUT2D eigenvalue weighted by molar-refractivity contribution is 5.95. The normalized spacial score (nSPS) is 19.4. The average molecular weight is 564 g/mol. The van der Waals surface area contributed by atoms with Crippen molar-refractivity contribution < 1.29 is 42.2 Å². The number of aromatic amines is 1. The number of aliphatic hydroxyl groups excluding tert-OH is 1. The predicted molar refractivity (Wildman–Crippen MR) is 137 cm³/mol. The van der Waals surface area contributed by atoms with Crippen molar-refractivity contribution in [1.82, 2.24) is 15.6 Å². The van der Waals surface area contributed by atoms with Crippen LogP contribution in [0.15, 0.2) is 42.5 Å². The number of alkyl halides is 3. The van der Waals surface area contributed by atoms with Gasteiger partial charge in [0.05, 0.1) is 11.1 Å². The Balaban J connectivity index is 1.62. The maximum absolute atomic E-state index is 14.1. The molecule has 0 saturated heterocycles. The molecule has 2 aromatic carbocycles. The number of aryl methyl sites for hydroxylation is 1. The lowest BCUT2D eigenvalue weighted by Gasteiger charge is -2.36. The number of carboxylic acid groups (broad SMARTS) is 1. The van der Waals surface area contributed by atoms with Crippen LogP contribution in [0.5, 0.6) is 0 Å². The van der Waals surface area contributed by atoms with E-state index in [9.17, 15) is 42.2 Å². The SMILES string of the molecule is CCC(C)[C@H](NC(=O)C(O)c1ccccc1F)C(=O)N[C@]1(C(=O)O)CCc2[nH]c3c(C(F)(F)F)cccc3c2C1. The van der Waals surface area contributed by atoms with Crippen LogP contribution >= 0.6 is 0 Å². The Labute approximate surface area is 226 Å². The first-order valence-corrected chi connectivity index (χ1v) is 12.8. The van der Waals surface area contributed by atoms with Gasteiger partial charge in [0.2, 0.25) is 5.91 Å². The minimum Gasteiger partial charge on any atom is -0.479 e. The van der Waals surface area contributed by atoms with Crippen LogP contribution in [0.25, 0.3) is 10.9 Å². The van der Waals surface area contributed by atoms with Gasteiger partial charge >= 0.3 is 12.1 Å². The molecule has 0 bridgehead atoms. The van der Waals surface area contributed by atoms with Crippen LogP contribution in [0, 0.1) is 11.7 Å². The molecule has 8 nitrogen and oxygen atoms in total. The van der Waals surface area contributed by atoms with Gasteiger partial charge in [-0.1, -0.05) is 50.6 Å². The van der Waals surface area contributed by atoms with E-state index >= 15 is 0 Å². The molecule has 3 aromatic rings. The molecule has 1 aliphatic carbocycles. The molecular formula is C28H29F4N3O5. The van der Waals surface area contributed by atoms with Gasteiger partial charge in [-0.15, -0.1) is 0 Å². The Kier molecular flexibility index (Phi) is 7.93. The molecule has 2 amide bonds. The fraction of sp³-hybridized carbons (Fsp3) is 0.393. The van der Waals surface area contributed by atoms with E-state index < -0.39 is 58.9 Å². The Morgan fingerprint density at radius 3 is 2.42 bits per heavy atom. The molecule has 2 unspecified atom stereocenters. The van der Waals surface area contributed by atoms with Gasteiger partial charge in [-0.25, -0.2) is 9.18 Å². The summed E-state index contributed by atoms with van der Waals surface area (Å²) < 4.78 is 54.9. The second kappa shape index (κ2) is 10.9. The highest BCUT2D eigenvalue weighted by atomic mass is 19.4. The Hall–Kier alpha value is -3.93. The van der Waals surface area contributed by atoms with Crippen molar-refractivity contribution in [3.63, 3.8) is 0 Å². The number of benzene rings is 2. The molecule has 1 aliphatic rings. The number of rotatable bonds is 8. The molecule has 0 fully saturated rings. The van der Waals surface area contributed by atoms with E-state index in [-0.39, 0.29) is 35.7 Å². The van der Waals surface area contributed by atoms with Crippen molar-refractivity contribution in [2.75, 3.05) is 0 Å². The molecule has 214 valence electrons. The van der Waals surface area contributed by atoms with Crippen LogP contribution in [0.4, 0.5) is 17.6 Å². The van der Waals surface area contributed by atoms with Gasteiger partial charge in [-0.3, -0.25) is 9.59 Å². The van der Waals surface area contributed by atoms with Gasteiger partial charge in [-0.2, -0.15) is 13.2 Å². The fourth-order valence-electron chi connectivity index (χ4n) is 5.14. The van der Waals surface area contributed by atoms with Crippen molar-refractivity contribution in [3.05, 3.63) is 70.7 Å². The second-order valence-electron chi connectivity index (χ2n) is 10.2. The number of hydrogen-bond donors (Lipinski definition) is 5. The zero-order chi connectivity index (χ0) is 29.4. The molecule has 1 heterocycles. The van der Waals surface area contributed by atoms with E-state index in [0.717, 1.165) is 12.1 Å². The van der Waals surface area contributed by atoms with Gasteiger partial charge in [0, 0.05) is 23.1 Å². The number of nitrogens with one attached hydrogen (secondary N) is 3. The van der Waals surface area contributed by atoms with E-state index in [1.165, 1.54) is 30.3 Å². The molecule has 4 atom stereocenters. The van der Waals surface area contributed by atoms with E-state index in [2.05, 4.69) is 15.6 Å². The number of fused-ring (bicyclic) bond motifs is 3. The molecule has 12 heteroatoms. The highest BCUT2D eigenvalue weighted by Gasteiger charge is 2.46. The van der Waals surface area contributed by atoms with Crippen LogP contribution in [0.1, 0.15) is 55.2 Å². The second-order valence-corrected chi connectivity index (χ2v) is 10.2. The topological polar surface area (TPSA) is 132 Å². The quantitative estimate of drug-likeness (QED) is 0.264. The fourth-order valence-corrected chi connectivity index (χ4v) is 5.14. The van der Waals surface area contributed by atoms with Gasteiger partial charge in [-0.05, 0) is 36.5 Å². The number of H-pyrrole nitrogens is 1. The Morgan fingerprint density at radius 2 is 1.80 bits per heavy atom. The summed E-state index contributed by atoms with van der Waals surface area (Å²) >= 11 is 0. The van der Waals surface area contributed by atoms with Crippen molar-refractivity contribution in [1.29, 1.82) is 0 Å². The van der Waals surface area contributed by atoms with Crippen molar-refractivity contribution in [2.24, 2.45) is 5.92 Å². The third-order valence-corrected chi connectivity index (χ3v) is 7.63. The van der Waals surface area contributed by atoms with E-state index in [1.807, 2.05) is 0 Å². The number of carboxylic acids is 1. The first kappa shape index (κ1) is 29.1. The number of aliphatic hydroxyl groups is 1. The molecule has 4 rings (SSSR count). The minimum absolute atomic E-state index is 0.0558. The summed E-state index contributed by atoms with van der Waals surface area (Å²) in [5, 5.41) is 25.8. The predicted octanol–water partition coefficient (Wildman–Crippen LogP) is 4.02. The summed E-state index contributed by atoms with van der Waals surface area (Å²) in [6.07, 6.45) is -6.50. The number of aliphatic carboxylic acids is 1. The molecular weight excluding hydrogens is 534 g/mol. The molecule has 0 radical (unpaired) electrons. The van der Waals surface area contributed by atoms with Crippen molar-refractivity contribution in [3.8, 4) is 0 Å². The van der Waals surface area contributed by atoms with Crippen molar-refractivity contribution >= 4 is 28.7 Å². The summed E-state index contributed by atoms with van der Waals surface area (Å²) in [6.45, 7) is 3.39. The number of halogens is 4. The summed E-state index contributed by atoms with van der Waals surface area (Å²) in [5.74, 6) is -4.59. The zero-order valence-electron chi connectivity index (χ0n) is 21.7. The number of hydrogen-bond acceptors (Lipinski definition) is 4. The van der Waals surface area contributed by atoms with Gasteiger partial charge in [0.25, 0.3) is 5.91 Å². The zero-order valence-corrected chi connectivity index (χ0v) is 21.7. The minimum atomic E-state index is -4.62. The number of carbonyl (C=O) groups excluding carboxylic acids is 2. The lowest BCUT2D eigenvalue weighted by Crippen LogP contribution is -2.62. The summed E-state index contributed by atoms with van der Waals surface area (Å²) in [5.41, 5.74) is -2.38. The first-order chi connectivity index (χ1) is 18.8. The third kappa shape index (κ3) is 5.40. The van der Waals surface area contributed by atoms with Crippen LogP contribution in [-0.4, -0.2) is 44.6 Å². The molecule has 0 saturated carbocycles. The number of amides is 2. The van der Waals surface area contributed by atoms with Crippen LogP contribution in [0.2, 0.25) is 0 Å². The third-order valence-electron chi connectivity index (χ3n) is 7.63. The lowest BCUT2D eigenvalue weighted by molar-refractivity contribution is -0.149. The molecule has 5 N–H and O–H groups in total. The largest absolute Gasteiger partial charge is 0.479 e. The number of carbonyl (C=O) groups is 3. The van der Waals surface area contributed by atoms with E-state index in [1.54, 1.807) is 13.8 Å². The average Bonchev–Trinajstić information content (AvgIpc) is 3.28. The summed E-state index contributed by atoms with van der Waals surface area (Å²) in [4.78, 5) is 41.6. The van der Waals surface area contributed by atoms with Crippen LogP contribution < -0.4 is 10.6 Å². The first-order valence-electron chi connectivity index (χ1n) is 12.8. The Morgan fingerprint density at radius 1 is 1.10 bits per heavy atom. The lowest BCUT2D eigenvalue weighted by atomic mass is 9.79. The summed E-state index contributed by atoms with van der Waals surface area (Å²) in [7, 11) is 0. The van der Waals surface area contributed by atoms with Crippen molar-refractivity contribution in [2.45, 2.75) is 63.4 Å². The maximum atomic E-state index is 14.1. The molecule has 0 aliphatic heterocycles. The molecule has 40 heavy (non-hydrogen) atoms. The molecule has 0 spiro atoms. The standard InChI is InChI=1S/C28H29F4N3O5/c1-3-14(2)21(34-25(38)23(36)16-7-4-5-10-19(16)29)24(37)35-27(26(39)40)12-11-20-17(13-27)15-8-6-9-18(22(15)33-20)28(30,31)32/h4-10,14,21,23,33,36H,3,11-13H2,1-2H3,(H,34,38)(H,35,37)(H,39,40)/t14?,21-,23?,27+/m0/s1. The van der Waals surface area contributed by atoms with E-state index in [4.69, 9.17) is 0 Å². The number of aromatic nitrogens is 1. The monoisotopic (exact) mass is 563 g/mol. The Bertz CT molecular complexity index is 1450. The van der Waals surface area contributed by atoms with Crippen LogP contribution in [0.3, 0.4) is 0 Å². The van der Waals surface area contributed by atoms with E-state index in [0.29, 0.717) is 17.7 Å². The number of para-hydroxylation sites is 1. The van der Waals surface area contributed by atoms with Crippen LogP contribution in [-0.2, 0) is 33.4 Å². The summed E-state index contributed by atoms with van der Waals surface area (Å²) in [6, 6.07) is 7.48. The smallest absolute Gasteiger partial charge is 0.418 e. The maximum Gasteiger partial charge on any atom is 0.418 e. The van der Waals surface area contributed by atoms with Gasteiger partial charge in [0.15, 0.2) is 6.10 Å². The highest BCUT2D eigenvalue weighted by Crippen LogP contribution is 2.40.